The highest BCUT2D eigenvalue weighted by molar-refractivity contribution is 5.91. The van der Waals surface area contributed by atoms with Crippen LogP contribution >= 0.6 is 0 Å². The second kappa shape index (κ2) is 5.53. The highest BCUT2D eigenvalue weighted by Gasteiger charge is 2.31. The van der Waals surface area contributed by atoms with Crippen molar-refractivity contribution >= 4 is 5.97 Å². The largest absolute Gasteiger partial charge is 0.428 e. The Bertz CT molecular complexity index is 441. The summed E-state index contributed by atoms with van der Waals surface area (Å²) >= 11 is 0. The molecule has 98 valence electrons. The van der Waals surface area contributed by atoms with Gasteiger partial charge in [0.1, 0.15) is 0 Å². The molecule has 3 nitrogen and oxygen atoms in total. The Hall–Kier alpha value is -1.35. The Morgan fingerprint density at radius 2 is 1.94 bits per heavy atom. The van der Waals surface area contributed by atoms with Gasteiger partial charge in [0.2, 0.25) is 6.29 Å². The fraction of sp³-hybridized carbons (Fsp3) is 0.533. The zero-order valence-electron chi connectivity index (χ0n) is 11.3. The van der Waals surface area contributed by atoms with Crippen molar-refractivity contribution in [1.29, 1.82) is 0 Å². The molecule has 0 spiro atoms. The number of allylic oxidation sites excluding steroid dienone is 3. The molecular weight excluding hydrogens is 228 g/mol. The van der Waals surface area contributed by atoms with Crippen LogP contribution in [0.25, 0.3) is 0 Å². The van der Waals surface area contributed by atoms with Crippen LogP contribution in [0, 0.1) is 0 Å². The average molecular weight is 248 g/mol. The van der Waals surface area contributed by atoms with Gasteiger partial charge in [-0.1, -0.05) is 23.3 Å². The van der Waals surface area contributed by atoms with Crippen LogP contribution in [0.5, 0.6) is 0 Å². The Kier molecular flexibility index (Phi) is 4.02. The van der Waals surface area contributed by atoms with E-state index in [1.807, 2.05) is 13.8 Å². The molecule has 0 radical (unpaired) electrons. The first kappa shape index (κ1) is 13.1. The molecule has 0 N–H and O–H groups in total. The lowest BCUT2D eigenvalue weighted by Gasteiger charge is -2.14. The molecule has 0 amide bonds. The van der Waals surface area contributed by atoms with Gasteiger partial charge in [-0.3, -0.25) is 0 Å². The third kappa shape index (κ3) is 2.91. The molecular formula is C15H20O3. The van der Waals surface area contributed by atoms with Crippen molar-refractivity contribution < 1.29 is 14.3 Å². The van der Waals surface area contributed by atoms with Crippen LogP contribution in [0.1, 0.15) is 40.0 Å². The summed E-state index contributed by atoms with van der Waals surface area (Å²) in [5.41, 5.74) is 4.20. The monoisotopic (exact) mass is 248 g/mol. The highest BCUT2D eigenvalue weighted by atomic mass is 16.7. The molecule has 2 aliphatic rings. The predicted molar refractivity (Wildman–Crippen MR) is 69.9 cm³/mol. The summed E-state index contributed by atoms with van der Waals surface area (Å²) in [5, 5.41) is 0. The Balaban J connectivity index is 2.24. The minimum atomic E-state index is -0.497. The molecule has 2 heterocycles. The van der Waals surface area contributed by atoms with Gasteiger partial charge in [0.15, 0.2) is 0 Å². The van der Waals surface area contributed by atoms with Crippen LogP contribution < -0.4 is 0 Å². The van der Waals surface area contributed by atoms with Gasteiger partial charge in [-0.25, -0.2) is 4.79 Å². The van der Waals surface area contributed by atoms with Gasteiger partial charge in [0.25, 0.3) is 0 Å². The number of hydrogen-bond acceptors (Lipinski definition) is 3. The Morgan fingerprint density at radius 3 is 2.72 bits per heavy atom. The molecule has 0 saturated heterocycles. The fourth-order valence-electron chi connectivity index (χ4n) is 2.15. The molecule has 0 saturated carbocycles. The van der Waals surface area contributed by atoms with Gasteiger partial charge >= 0.3 is 5.97 Å². The van der Waals surface area contributed by atoms with E-state index in [-0.39, 0.29) is 5.97 Å². The van der Waals surface area contributed by atoms with Crippen LogP contribution in [0.3, 0.4) is 0 Å². The molecule has 1 unspecified atom stereocenters. The quantitative estimate of drug-likeness (QED) is 0.487. The van der Waals surface area contributed by atoms with E-state index in [4.69, 9.17) is 9.47 Å². The van der Waals surface area contributed by atoms with Gasteiger partial charge in [-0.05, 0) is 40.0 Å². The van der Waals surface area contributed by atoms with Crippen molar-refractivity contribution in [2.75, 3.05) is 6.61 Å². The standard InChI is InChI=1S/C15H20O3/c1-10-5-4-6-11(2)9-17-15-13(8-7-10)12(3)14(16)18-15/h6-7,15H,4-5,8-9H2,1-3H3. The van der Waals surface area contributed by atoms with Crippen molar-refractivity contribution in [2.45, 2.75) is 46.3 Å². The molecule has 2 aliphatic heterocycles. The lowest BCUT2D eigenvalue weighted by atomic mass is 10.0. The van der Waals surface area contributed by atoms with Crippen molar-refractivity contribution in [3.8, 4) is 0 Å². The third-order valence-electron chi connectivity index (χ3n) is 3.45. The molecule has 0 aliphatic carbocycles. The van der Waals surface area contributed by atoms with E-state index < -0.39 is 6.29 Å². The number of carbonyl (C=O) groups is 1. The van der Waals surface area contributed by atoms with Crippen molar-refractivity contribution in [2.24, 2.45) is 0 Å². The Labute approximate surface area is 108 Å². The third-order valence-corrected chi connectivity index (χ3v) is 3.45. The number of fused-ring (bicyclic) bond motifs is 1. The maximum absolute atomic E-state index is 11.6. The number of carbonyl (C=O) groups excluding carboxylic acids is 1. The number of ether oxygens (including phenoxy) is 2. The summed E-state index contributed by atoms with van der Waals surface area (Å²) < 4.78 is 10.9. The van der Waals surface area contributed by atoms with Crippen LogP contribution in [0.2, 0.25) is 0 Å². The summed E-state index contributed by atoms with van der Waals surface area (Å²) in [5.74, 6) is -0.250. The van der Waals surface area contributed by atoms with Gasteiger partial charge in [-0.2, -0.15) is 0 Å². The predicted octanol–water partition coefficient (Wildman–Crippen LogP) is 3.28. The average Bonchev–Trinajstić information content (AvgIpc) is 2.58. The number of hydrogen-bond donors (Lipinski definition) is 0. The topological polar surface area (TPSA) is 35.5 Å². The van der Waals surface area contributed by atoms with Gasteiger partial charge < -0.3 is 9.47 Å². The van der Waals surface area contributed by atoms with Crippen LogP contribution in [0.15, 0.2) is 34.4 Å². The minimum absolute atomic E-state index is 0.250. The number of esters is 1. The molecule has 18 heavy (non-hydrogen) atoms. The molecule has 0 aromatic rings. The molecule has 0 bridgehead atoms. The normalized spacial score (nSPS) is 25.9. The van der Waals surface area contributed by atoms with Gasteiger partial charge in [0, 0.05) is 11.1 Å². The van der Waals surface area contributed by atoms with Gasteiger partial charge in [0.05, 0.1) is 6.61 Å². The van der Waals surface area contributed by atoms with Gasteiger partial charge in [-0.15, -0.1) is 0 Å². The lowest BCUT2D eigenvalue weighted by Crippen LogP contribution is -2.17. The summed E-state index contributed by atoms with van der Waals surface area (Å²) in [4.78, 5) is 11.6. The molecule has 0 aromatic heterocycles. The molecule has 3 heteroatoms. The molecule has 1 atom stereocenters. The first-order valence-corrected chi connectivity index (χ1v) is 6.41. The molecule has 0 fully saturated rings. The summed E-state index contributed by atoms with van der Waals surface area (Å²) in [7, 11) is 0. The van der Waals surface area contributed by atoms with Crippen molar-refractivity contribution in [1.82, 2.24) is 0 Å². The van der Waals surface area contributed by atoms with Crippen LogP contribution in [-0.4, -0.2) is 18.9 Å². The fourth-order valence-corrected chi connectivity index (χ4v) is 2.15. The zero-order chi connectivity index (χ0) is 13.1. The molecule has 2 rings (SSSR count). The van der Waals surface area contributed by atoms with Crippen molar-refractivity contribution in [3.05, 3.63) is 34.4 Å². The summed E-state index contributed by atoms with van der Waals surface area (Å²) in [6.07, 6.45) is 6.71. The smallest absolute Gasteiger partial charge is 0.336 e. The minimum Gasteiger partial charge on any atom is -0.428 e. The SMILES string of the molecule is CC1=CCC2=C(C)C(=O)OC2OCC(C)=CCC1. The van der Waals surface area contributed by atoms with Crippen LogP contribution in [0.4, 0.5) is 0 Å². The summed E-state index contributed by atoms with van der Waals surface area (Å²) in [6.45, 7) is 6.51. The van der Waals surface area contributed by atoms with E-state index in [1.165, 1.54) is 11.1 Å². The maximum atomic E-state index is 11.6. The maximum Gasteiger partial charge on any atom is 0.336 e. The highest BCUT2D eigenvalue weighted by Crippen LogP contribution is 2.28. The van der Waals surface area contributed by atoms with Crippen molar-refractivity contribution in [3.63, 3.8) is 0 Å². The van der Waals surface area contributed by atoms with Crippen LogP contribution in [-0.2, 0) is 14.3 Å². The number of rotatable bonds is 0. The molecule has 0 aromatic carbocycles. The second-order valence-corrected chi connectivity index (χ2v) is 5.04. The van der Waals surface area contributed by atoms with E-state index in [0.717, 1.165) is 24.8 Å². The van der Waals surface area contributed by atoms with E-state index in [1.54, 1.807) is 0 Å². The lowest BCUT2D eigenvalue weighted by molar-refractivity contribution is -0.158. The van der Waals surface area contributed by atoms with E-state index in [9.17, 15) is 4.79 Å². The second-order valence-electron chi connectivity index (χ2n) is 5.04. The van der Waals surface area contributed by atoms with E-state index >= 15 is 0 Å². The summed E-state index contributed by atoms with van der Waals surface area (Å²) in [6, 6.07) is 0. The Morgan fingerprint density at radius 1 is 1.17 bits per heavy atom. The van der Waals surface area contributed by atoms with E-state index in [0.29, 0.717) is 12.2 Å². The first-order chi connectivity index (χ1) is 8.58. The first-order valence-electron chi connectivity index (χ1n) is 6.41. The van der Waals surface area contributed by atoms with E-state index in [2.05, 4.69) is 19.1 Å². The zero-order valence-corrected chi connectivity index (χ0v) is 11.3.